The van der Waals surface area contributed by atoms with Crippen LogP contribution in [-0.2, 0) is 27.3 Å². The molecular weight excluding hydrogens is 467 g/mol. The zero-order chi connectivity index (χ0) is 25.1. The van der Waals surface area contributed by atoms with Crippen molar-refractivity contribution in [2.75, 3.05) is 4.90 Å². The van der Waals surface area contributed by atoms with Crippen molar-refractivity contribution < 1.29 is 18.8 Å². The average molecular weight is 493 g/mol. The van der Waals surface area contributed by atoms with Crippen molar-refractivity contribution in [2.24, 2.45) is 0 Å². The van der Waals surface area contributed by atoms with Crippen molar-refractivity contribution in [3.05, 3.63) is 100 Å². The summed E-state index contributed by atoms with van der Waals surface area (Å²) >= 11 is 5.96. The number of amides is 3. The number of anilines is 1. The van der Waals surface area contributed by atoms with Gasteiger partial charge in [0.15, 0.2) is 0 Å². The lowest BCUT2D eigenvalue weighted by Crippen LogP contribution is -2.45. The Balaban J connectivity index is 1.61. The van der Waals surface area contributed by atoms with Crippen molar-refractivity contribution in [1.29, 1.82) is 0 Å². The summed E-state index contributed by atoms with van der Waals surface area (Å²) in [6, 6.07) is 19.0. The number of nitrogens with zero attached hydrogens (tertiary/aromatic N) is 2. The van der Waals surface area contributed by atoms with Crippen LogP contribution in [0.25, 0.3) is 0 Å². The molecule has 0 bridgehead atoms. The molecule has 4 rings (SSSR count). The first-order valence-corrected chi connectivity index (χ1v) is 11.9. The topological polar surface area (TPSA) is 57.7 Å². The van der Waals surface area contributed by atoms with Crippen LogP contribution >= 0.6 is 11.6 Å². The van der Waals surface area contributed by atoms with Crippen LogP contribution in [0.4, 0.5) is 10.1 Å². The highest BCUT2D eigenvalue weighted by Crippen LogP contribution is 2.29. The number of imide groups is 1. The monoisotopic (exact) mass is 492 g/mol. The quantitative estimate of drug-likeness (QED) is 0.409. The highest BCUT2D eigenvalue weighted by Gasteiger charge is 2.44. The first-order chi connectivity index (χ1) is 16.7. The fourth-order valence-electron chi connectivity index (χ4n) is 4.18. The Kier molecular flexibility index (Phi) is 7.31. The highest BCUT2D eigenvalue weighted by molar-refractivity contribution is 6.30. The van der Waals surface area contributed by atoms with Crippen LogP contribution in [0.1, 0.15) is 42.9 Å². The number of carbonyl (C=O) groups excluding carboxylic acids is 3. The van der Waals surface area contributed by atoms with E-state index in [4.69, 9.17) is 11.6 Å². The maximum atomic E-state index is 13.5. The van der Waals surface area contributed by atoms with Gasteiger partial charge in [0.2, 0.25) is 11.8 Å². The minimum atomic E-state index is -0.947. The maximum Gasteiger partial charge on any atom is 0.257 e. The SMILES string of the molecule is CC(C)c1ccc(N2C(=O)CC(N(Cc3ccc(F)cc3)C(=O)Cc3ccc(Cl)cc3)C2=O)cc1. The minimum absolute atomic E-state index is 0.0411. The smallest absolute Gasteiger partial charge is 0.257 e. The summed E-state index contributed by atoms with van der Waals surface area (Å²) in [5.41, 5.74) is 2.98. The Bertz CT molecular complexity index is 1220. The fraction of sp³-hybridized carbons (Fsp3) is 0.250. The summed E-state index contributed by atoms with van der Waals surface area (Å²) < 4.78 is 13.4. The van der Waals surface area contributed by atoms with Crippen LogP contribution in [0, 0.1) is 5.82 Å². The van der Waals surface area contributed by atoms with Crippen molar-refractivity contribution in [2.45, 2.75) is 45.2 Å². The molecule has 1 aliphatic heterocycles. The number of rotatable bonds is 7. The molecule has 3 amide bonds. The van der Waals surface area contributed by atoms with Gasteiger partial charge in [0.1, 0.15) is 11.9 Å². The van der Waals surface area contributed by atoms with E-state index >= 15 is 0 Å². The molecule has 0 saturated carbocycles. The third kappa shape index (κ3) is 5.60. The predicted molar refractivity (Wildman–Crippen MR) is 134 cm³/mol. The van der Waals surface area contributed by atoms with Gasteiger partial charge in [-0.1, -0.05) is 61.8 Å². The molecule has 5 nitrogen and oxygen atoms in total. The Morgan fingerprint density at radius 3 is 2.17 bits per heavy atom. The van der Waals surface area contributed by atoms with E-state index in [1.165, 1.54) is 17.0 Å². The molecule has 0 aromatic heterocycles. The van der Waals surface area contributed by atoms with Crippen LogP contribution in [0.5, 0.6) is 0 Å². The Morgan fingerprint density at radius 2 is 1.57 bits per heavy atom. The minimum Gasteiger partial charge on any atom is -0.325 e. The van der Waals surface area contributed by atoms with Crippen molar-refractivity contribution >= 4 is 35.0 Å². The van der Waals surface area contributed by atoms with Gasteiger partial charge in [-0.05, 0) is 59.0 Å². The van der Waals surface area contributed by atoms with Gasteiger partial charge in [0.05, 0.1) is 18.5 Å². The summed E-state index contributed by atoms with van der Waals surface area (Å²) in [7, 11) is 0. The van der Waals surface area contributed by atoms with Crippen LogP contribution in [-0.4, -0.2) is 28.7 Å². The molecule has 1 unspecified atom stereocenters. The van der Waals surface area contributed by atoms with E-state index in [-0.39, 0.29) is 31.2 Å². The van der Waals surface area contributed by atoms with E-state index in [1.807, 2.05) is 12.1 Å². The summed E-state index contributed by atoms with van der Waals surface area (Å²) in [5, 5.41) is 0.556. The third-order valence-electron chi connectivity index (χ3n) is 6.17. The maximum absolute atomic E-state index is 13.5. The Labute approximate surface area is 209 Å². The summed E-state index contributed by atoms with van der Waals surface area (Å²) in [6.45, 7) is 4.21. The van der Waals surface area contributed by atoms with Gasteiger partial charge in [-0.3, -0.25) is 14.4 Å². The number of hydrogen-bond donors (Lipinski definition) is 0. The molecule has 180 valence electrons. The zero-order valence-corrected chi connectivity index (χ0v) is 20.3. The molecule has 0 radical (unpaired) electrons. The normalized spacial score (nSPS) is 15.7. The molecule has 1 saturated heterocycles. The highest BCUT2D eigenvalue weighted by atomic mass is 35.5. The molecule has 7 heteroatoms. The van der Waals surface area contributed by atoms with Crippen LogP contribution in [0.3, 0.4) is 0 Å². The van der Waals surface area contributed by atoms with Crippen molar-refractivity contribution in [3.8, 4) is 0 Å². The molecule has 0 aliphatic carbocycles. The van der Waals surface area contributed by atoms with Gasteiger partial charge >= 0.3 is 0 Å². The largest absolute Gasteiger partial charge is 0.325 e. The van der Waals surface area contributed by atoms with E-state index in [0.717, 1.165) is 16.0 Å². The first kappa shape index (κ1) is 24.6. The van der Waals surface area contributed by atoms with Gasteiger partial charge in [-0.2, -0.15) is 0 Å². The van der Waals surface area contributed by atoms with Gasteiger partial charge < -0.3 is 4.90 Å². The van der Waals surface area contributed by atoms with Gasteiger partial charge in [-0.25, -0.2) is 9.29 Å². The van der Waals surface area contributed by atoms with Crippen molar-refractivity contribution in [1.82, 2.24) is 4.90 Å². The Morgan fingerprint density at radius 1 is 0.971 bits per heavy atom. The summed E-state index contributed by atoms with van der Waals surface area (Å²) in [4.78, 5) is 42.4. The number of halogens is 2. The fourth-order valence-corrected chi connectivity index (χ4v) is 4.30. The van der Waals surface area contributed by atoms with Crippen LogP contribution < -0.4 is 4.90 Å². The summed E-state index contributed by atoms with van der Waals surface area (Å²) in [6.07, 6.45) is -0.0717. The molecule has 0 spiro atoms. The average Bonchev–Trinajstić information content (AvgIpc) is 3.13. The molecule has 3 aromatic rings. The van der Waals surface area contributed by atoms with E-state index in [9.17, 15) is 18.8 Å². The van der Waals surface area contributed by atoms with Crippen molar-refractivity contribution in [3.63, 3.8) is 0 Å². The lowest BCUT2D eigenvalue weighted by atomic mass is 10.0. The third-order valence-corrected chi connectivity index (χ3v) is 6.42. The van der Waals surface area contributed by atoms with E-state index < -0.39 is 17.8 Å². The zero-order valence-electron chi connectivity index (χ0n) is 19.6. The van der Waals surface area contributed by atoms with E-state index in [1.54, 1.807) is 48.5 Å². The lowest BCUT2D eigenvalue weighted by molar-refractivity contribution is -0.138. The second-order valence-corrected chi connectivity index (χ2v) is 9.42. The number of benzene rings is 3. The second kappa shape index (κ2) is 10.4. The Hall–Kier alpha value is -3.51. The molecule has 1 fully saturated rings. The van der Waals surface area contributed by atoms with Gasteiger partial charge in [0.25, 0.3) is 5.91 Å². The second-order valence-electron chi connectivity index (χ2n) is 8.98. The van der Waals surface area contributed by atoms with Gasteiger partial charge in [-0.15, -0.1) is 0 Å². The standard InChI is InChI=1S/C28H26ClFN2O3/c1-18(2)21-7-13-24(14-8-21)32-27(34)16-25(28(32)35)31(17-20-5-11-23(30)12-6-20)26(33)15-19-3-9-22(29)10-4-19/h3-14,18,25H,15-17H2,1-2H3. The molecule has 1 atom stereocenters. The van der Waals surface area contributed by atoms with E-state index in [0.29, 0.717) is 22.2 Å². The number of hydrogen-bond acceptors (Lipinski definition) is 3. The van der Waals surface area contributed by atoms with E-state index in [2.05, 4.69) is 13.8 Å². The molecule has 1 aliphatic rings. The molecular formula is C28H26ClFN2O3. The molecule has 0 N–H and O–H groups in total. The summed E-state index contributed by atoms with van der Waals surface area (Å²) in [5.74, 6) is -1.19. The van der Waals surface area contributed by atoms with Crippen LogP contribution in [0.15, 0.2) is 72.8 Å². The number of carbonyl (C=O) groups is 3. The lowest BCUT2D eigenvalue weighted by Gasteiger charge is -2.28. The molecule has 1 heterocycles. The van der Waals surface area contributed by atoms with Crippen LogP contribution in [0.2, 0.25) is 5.02 Å². The molecule has 35 heavy (non-hydrogen) atoms. The predicted octanol–water partition coefficient (Wildman–Crippen LogP) is 5.51. The molecule has 3 aromatic carbocycles. The first-order valence-electron chi connectivity index (χ1n) is 11.5. The van der Waals surface area contributed by atoms with Gasteiger partial charge in [0, 0.05) is 11.6 Å².